The van der Waals surface area contributed by atoms with Gasteiger partial charge in [0.25, 0.3) is 0 Å². The number of piperidine rings is 1. The number of nitrogens with two attached hydrogens (primary N) is 2. The summed E-state index contributed by atoms with van der Waals surface area (Å²) in [5, 5.41) is 0. The molecule has 1 aromatic carbocycles. The first kappa shape index (κ1) is 13.8. The van der Waals surface area contributed by atoms with Crippen LogP contribution < -0.4 is 16.4 Å². The first-order valence-electron chi connectivity index (χ1n) is 7.45. The molecule has 110 valence electrons. The molecule has 1 aliphatic heterocycles. The number of rotatable bonds is 3. The van der Waals surface area contributed by atoms with Crippen LogP contribution in [0.2, 0.25) is 0 Å². The van der Waals surface area contributed by atoms with Crippen molar-refractivity contribution in [3.05, 3.63) is 35.9 Å². The number of benzene rings is 1. The number of aromatic nitrogens is 2. The van der Waals surface area contributed by atoms with Crippen molar-refractivity contribution in [3.63, 3.8) is 0 Å². The molecule has 1 aromatic heterocycles. The predicted molar refractivity (Wildman–Crippen MR) is 85.8 cm³/mol. The Morgan fingerprint density at radius 2 is 1.71 bits per heavy atom. The van der Waals surface area contributed by atoms with Gasteiger partial charge in [0.15, 0.2) is 0 Å². The zero-order valence-corrected chi connectivity index (χ0v) is 12.1. The topological polar surface area (TPSA) is 81.1 Å². The third-order valence-corrected chi connectivity index (χ3v) is 3.90. The Morgan fingerprint density at radius 3 is 2.38 bits per heavy atom. The third kappa shape index (κ3) is 3.13. The summed E-state index contributed by atoms with van der Waals surface area (Å²) >= 11 is 0. The molecule has 0 atom stereocenters. The van der Waals surface area contributed by atoms with Crippen molar-refractivity contribution in [3.8, 4) is 11.3 Å². The van der Waals surface area contributed by atoms with E-state index in [0.29, 0.717) is 12.5 Å². The van der Waals surface area contributed by atoms with Gasteiger partial charge in [-0.1, -0.05) is 24.3 Å². The van der Waals surface area contributed by atoms with E-state index in [2.05, 4.69) is 14.9 Å². The van der Waals surface area contributed by atoms with Crippen LogP contribution in [0.15, 0.2) is 30.3 Å². The van der Waals surface area contributed by atoms with Crippen molar-refractivity contribution in [2.24, 2.45) is 5.73 Å². The molecule has 1 fully saturated rings. The minimum atomic E-state index is 0.330. The van der Waals surface area contributed by atoms with Gasteiger partial charge in [-0.25, -0.2) is 4.98 Å². The summed E-state index contributed by atoms with van der Waals surface area (Å²) in [5.74, 6) is 1.26. The molecular weight excluding hydrogens is 262 g/mol. The summed E-state index contributed by atoms with van der Waals surface area (Å²) in [5.41, 5.74) is 14.5. The maximum Gasteiger partial charge on any atom is 0.222 e. The molecule has 3 rings (SSSR count). The summed E-state index contributed by atoms with van der Waals surface area (Å²) in [6, 6.07) is 10.1. The fourth-order valence-electron chi connectivity index (χ4n) is 2.70. The van der Waals surface area contributed by atoms with Gasteiger partial charge >= 0.3 is 0 Å². The molecule has 0 bridgehead atoms. The van der Waals surface area contributed by atoms with Crippen LogP contribution in [-0.4, -0.2) is 23.1 Å². The number of nitrogens with zero attached hydrogens (tertiary/aromatic N) is 3. The van der Waals surface area contributed by atoms with E-state index in [0.717, 1.165) is 35.7 Å². The van der Waals surface area contributed by atoms with Crippen molar-refractivity contribution < 1.29 is 0 Å². The second-order valence-electron chi connectivity index (χ2n) is 5.42. The molecular formula is C16H21N5. The fraction of sp³-hybridized carbons (Fsp3) is 0.375. The Morgan fingerprint density at radius 1 is 1.00 bits per heavy atom. The van der Waals surface area contributed by atoms with Crippen LogP contribution in [0, 0.1) is 0 Å². The minimum absolute atomic E-state index is 0.330. The highest BCUT2D eigenvalue weighted by atomic mass is 15.2. The Labute approximate surface area is 125 Å². The van der Waals surface area contributed by atoms with Gasteiger partial charge in [-0.3, -0.25) is 0 Å². The minimum Gasteiger partial charge on any atom is -0.368 e. The van der Waals surface area contributed by atoms with Crippen molar-refractivity contribution in [2.75, 3.05) is 23.7 Å². The first-order valence-corrected chi connectivity index (χ1v) is 7.45. The van der Waals surface area contributed by atoms with E-state index < -0.39 is 0 Å². The fourth-order valence-corrected chi connectivity index (χ4v) is 2.70. The van der Waals surface area contributed by atoms with Crippen LogP contribution in [0.5, 0.6) is 0 Å². The van der Waals surface area contributed by atoms with Crippen LogP contribution in [0.25, 0.3) is 11.3 Å². The molecule has 1 aliphatic rings. The summed E-state index contributed by atoms with van der Waals surface area (Å²) in [7, 11) is 0. The highest BCUT2D eigenvalue weighted by Gasteiger charge is 2.14. The van der Waals surface area contributed by atoms with E-state index in [1.54, 1.807) is 0 Å². The molecule has 2 aromatic rings. The Balaban J connectivity index is 1.92. The molecule has 1 saturated heterocycles. The summed E-state index contributed by atoms with van der Waals surface area (Å²) in [4.78, 5) is 11.0. The Hall–Kier alpha value is -2.14. The first-order chi connectivity index (χ1) is 10.3. The van der Waals surface area contributed by atoms with Gasteiger partial charge in [-0.05, 0) is 24.8 Å². The van der Waals surface area contributed by atoms with Crippen LogP contribution in [-0.2, 0) is 6.54 Å². The van der Waals surface area contributed by atoms with Gasteiger partial charge in [-0.2, -0.15) is 4.98 Å². The highest BCUT2D eigenvalue weighted by molar-refractivity contribution is 5.64. The van der Waals surface area contributed by atoms with Gasteiger partial charge < -0.3 is 16.4 Å². The summed E-state index contributed by atoms with van der Waals surface area (Å²) < 4.78 is 0. The summed E-state index contributed by atoms with van der Waals surface area (Å²) in [6.45, 7) is 2.63. The lowest BCUT2D eigenvalue weighted by molar-refractivity contribution is 0.573. The van der Waals surface area contributed by atoms with E-state index in [9.17, 15) is 0 Å². The zero-order chi connectivity index (χ0) is 14.7. The number of hydrogen-bond donors (Lipinski definition) is 2. The van der Waals surface area contributed by atoms with Crippen LogP contribution in [0.4, 0.5) is 11.8 Å². The third-order valence-electron chi connectivity index (χ3n) is 3.90. The SMILES string of the molecule is NCc1ccc(-c2cc(N3CCCCC3)nc(N)n2)cc1. The lowest BCUT2D eigenvalue weighted by atomic mass is 10.1. The van der Waals surface area contributed by atoms with Gasteiger partial charge in [0.1, 0.15) is 5.82 Å². The van der Waals surface area contributed by atoms with Crippen molar-refractivity contribution in [1.82, 2.24) is 9.97 Å². The molecule has 0 amide bonds. The number of hydrogen-bond acceptors (Lipinski definition) is 5. The number of nitrogen functional groups attached to an aromatic ring is 1. The number of anilines is 2. The molecule has 5 nitrogen and oxygen atoms in total. The molecule has 0 unspecified atom stereocenters. The summed E-state index contributed by atoms with van der Waals surface area (Å²) in [6.07, 6.45) is 3.72. The van der Waals surface area contributed by atoms with Crippen molar-refractivity contribution >= 4 is 11.8 Å². The maximum atomic E-state index is 5.89. The average Bonchev–Trinajstić information content (AvgIpc) is 2.55. The largest absolute Gasteiger partial charge is 0.368 e. The molecule has 0 aliphatic carbocycles. The van der Waals surface area contributed by atoms with E-state index in [-0.39, 0.29) is 0 Å². The molecule has 21 heavy (non-hydrogen) atoms. The van der Waals surface area contributed by atoms with E-state index >= 15 is 0 Å². The molecule has 5 heteroatoms. The standard InChI is InChI=1S/C16H21N5/c17-11-12-4-6-13(7-5-12)14-10-15(20-16(18)19-14)21-8-2-1-3-9-21/h4-7,10H,1-3,8-9,11,17H2,(H2,18,19,20). The van der Waals surface area contributed by atoms with Gasteiger partial charge in [0.05, 0.1) is 5.69 Å². The van der Waals surface area contributed by atoms with Gasteiger partial charge in [0.2, 0.25) is 5.95 Å². The predicted octanol–water partition coefficient (Wildman–Crippen LogP) is 2.17. The lowest BCUT2D eigenvalue weighted by Gasteiger charge is -2.28. The normalized spacial score (nSPS) is 15.2. The second kappa shape index (κ2) is 6.10. The van der Waals surface area contributed by atoms with E-state index in [1.807, 2.05) is 30.3 Å². The van der Waals surface area contributed by atoms with Crippen LogP contribution >= 0.6 is 0 Å². The zero-order valence-electron chi connectivity index (χ0n) is 12.1. The molecule has 0 radical (unpaired) electrons. The van der Waals surface area contributed by atoms with E-state index in [1.165, 1.54) is 19.3 Å². The smallest absolute Gasteiger partial charge is 0.222 e. The van der Waals surface area contributed by atoms with Gasteiger partial charge in [0, 0.05) is 31.3 Å². The average molecular weight is 283 g/mol. The molecule has 0 spiro atoms. The van der Waals surface area contributed by atoms with Crippen LogP contribution in [0.3, 0.4) is 0 Å². The van der Waals surface area contributed by atoms with Crippen molar-refractivity contribution in [1.29, 1.82) is 0 Å². The Bertz CT molecular complexity index is 603. The maximum absolute atomic E-state index is 5.89. The quantitative estimate of drug-likeness (QED) is 0.902. The monoisotopic (exact) mass is 283 g/mol. The lowest BCUT2D eigenvalue weighted by Crippen LogP contribution is -2.30. The van der Waals surface area contributed by atoms with Crippen LogP contribution in [0.1, 0.15) is 24.8 Å². The van der Waals surface area contributed by atoms with E-state index in [4.69, 9.17) is 11.5 Å². The van der Waals surface area contributed by atoms with Crippen molar-refractivity contribution in [2.45, 2.75) is 25.8 Å². The molecule has 4 N–H and O–H groups in total. The molecule has 0 saturated carbocycles. The Kier molecular flexibility index (Phi) is 4.01. The second-order valence-corrected chi connectivity index (χ2v) is 5.42. The highest BCUT2D eigenvalue weighted by Crippen LogP contribution is 2.25. The molecule has 2 heterocycles. The van der Waals surface area contributed by atoms with Gasteiger partial charge in [-0.15, -0.1) is 0 Å².